The minimum Gasteiger partial charge on any atom is -0.480 e. The van der Waals surface area contributed by atoms with Crippen LogP contribution in [0.5, 0.6) is 0 Å². The molecule has 0 aromatic heterocycles. The zero-order valence-corrected chi connectivity index (χ0v) is 11.9. The first kappa shape index (κ1) is 14.8. The van der Waals surface area contributed by atoms with E-state index in [0.29, 0.717) is 21.6 Å². The maximum Gasteiger partial charge on any atom is 0.326 e. The molecule has 1 aromatic carbocycles. The van der Waals surface area contributed by atoms with Crippen molar-refractivity contribution >= 4 is 45.2 Å². The number of carbonyl (C=O) groups is 2. The number of hydrogen-bond acceptors (Lipinski definition) is 2. The highest BCUT2D eigenvalue weighted by atomic mass is 79.9. The van der Waals surface area contributed by atoms with Crippen LogP contribution in [-0.2, 0) is 4.79 Å². The number of carboxylic acids is 1. The summed E-state index contributed by atoms with van der Waals surface area (Å²) < 4.78 is 0.546. The molecule has 0 heterocycles. The average Bonchev–Trinajstić information content (AvgIpc) is 2.31. The van der Waals surface area contributed by atoms with Gasteiger partial charge in [-0.25, -0.2) is 9.59 Å². The Hall–Kier alpha value is -1.27. The van der Waals surface area contributed by atoms with Crippen LogP contribution in [0.15, 0.2) is 22.7 Å². The molecule has 0 saturated heterocycles. The van der Waals surface area contributed by atoms with Crippen LogP contribution in [0.1, 0.15) is 13.3 Å². The van der Waals surface area contributed by atoms with Crippen molar-refractivity contribution in [2.45, 2.75) is 19.4 Å². The fourth-order valence-corrected chi connectivity index (χ4v) is 1.79. The van der Waals surface area contributed by atoms with E-state index in [1.807, 2.05) is 0 Å². The van der Waals surface area contributed by atoms with Crippen LogP contribution in [0.2, 0.25) is 5.02 Å². The SMILES string of the molecule is CC[C@@H](NC(=O)Nc1cccc(Cl)c1Br)C(=O)O. The van der Waals surface area contributed by atoms with Crippen molar-refractivity contribution < 1.29 is 14.7 Å². The number of amides is 2. The van der Waals surface area contributed by atoms with Gasteiger partial charge in [0.1, 0.15) is 6.04 Å². The zero-order valence-electron chi connectivity index (χ0n) is 9.54. The Labute approximate surface area is 118 Å². The van der Waals surface area contributed by atoms with Gasteiger partial charge in [0.25, 0.3) is 0 Å². The molecule has 0 aliphatic heterocycles. The van der Waals surface area contributed by atoms with E-state index in [1.165, 1.54) is 0 Å². The number of hydrogen-bond donors (Lipinski definition) is 3. The highest BCUT2D eigenvalue weighted by Gasteiger charge is 2.18. The number of rotatable bonds is 4. The molecule has 0 aliphatic carbocycles. The van der Waals surface area contributed by atoms with Crippen molar-refractivity contribution in [1.29, 1.82) is 0 Å². The summed E-state index contributed by atoms with van der Waals surface area (Å²) in [5.74, 6) is -1.07. The van der Waals surface area contributed by atoms with E-state index in [9.17, 15) is 9.59 Å². The molecule has 3 N–H and O–H groups in total. The van der Waals surface area contributed by atoms with Gasteiger partial charge in [-0.1, -0.05) is 24.6 Å². The van der Waals surface area contributed by atoms with E-state index in [0.717, 1.165) is 0 Å². The van der Waals surface area contributed by atoms with Gasteiger partial charge in [0.15, 0.2) is 0 Å². The number of halogens is 2. The van der Waals surface area contributed by atoms with Gasteiger partial charge in [0, 0.05) is 0 Å². The third-order valence-corrected chi connectivity index (χ3v) is 3.61. The molecule has 5 nitrogen and oxygen atoms in total. The summed E-state index contributed by atoms with van der Waals surface area (Å²) in [6.07, 6.45) is 0.305. The summed E-state index contributed by atoms with van der Waals surface area (Å²) in [4.78, 5) is 22.4. The topological polar surface area (TPSA) is 78.4 Å². The second-order valence-electron chi connectivity index (χ2n) is 3.50. The van der Waals surface area contributed by atoms with Crippen molar-refractivity contribution in [3.63, 3.8) is 0 Å². The summed E-state index contributed by atoms with van der Waals surface area (Å²) in [5, 5.41) is 14.1. The summed E-state index contributed by atoms with van der Waals surface area (Å²) >= 11 is 9.10. The maximum atomic E-state index is 11.6. The number of benzene rings is 1. The van der Waals surface area contributed by atoms with E-state index in [2.05, 4.69) is 26.6 Å². The second-order valence-corrected chi connectivity index (χ2v) is 4.70. The van der Waals surface area contributed by atoms with Gasteiger partial charge < -0.3 is 15.7 Å². The Morgan fingerprint density at radius 3 is 2.72 bits per heavy atom. The van der Waals surface area contributed by atoms with Gasteiger partial charge in [-0.2, -0.15) is 0 Å². The third kappa shape index (κ3) is 3.89. The Bertz CT molecular complexity index is 468. The van der Waals surface area contributed by atoms with Crippen molar-refractivity contribution in [2.75, 3.05) is 5.32 Å². The summed E-state index contributed by atoms with van der Waals surface area (Å²) in [5.41, 5.74) is 0.472. The van der Waals surface area contributed by atoms with Crippen molar-refractivity contribution in [1.82, 2.24) is 5.32 Å². The fraction of sp³-hybridized carbons (Fsp3) is 0.273. The lowest BCUT2D eigenvalue weighted by atomic mass is 10.2. The normalized spacial score (nSPS) is 11.7. The van der Waals surface area contributed by atoms with Crippen LogP contribution in [0.4, 0.5) is 10.5 Å². The van der Waals surface area contributed by atoms with Gasteiger partial charge in [-0.15, -0.1) is 0 Å². The zero-order chi connectivity index (χ0) is 13.7. The maximum absolute atomic E-state index is 11.6. The third-order valence-electron chi connectivity index (χ3n) is 2.21. The monoisotopic (exact) mass is 334 g/mol. The van der Waals surface area contributed by atoms with Crippen LogP contribution in [-0.4, -0.2) is 23.1 Å². The number of anilines is 1. The van der Waals surface area contributed by atoms with E-state index in [1.54, 1.807) is 25.1 Å². The van der Waals surface area contributed by atoms with E-state index < -0.39 is 18.0 Å². The second kappa shape index (κ2) is 6.61. The molecular formula is C11H12BrClN2O3. The number of aliphatic carboxylic acids is 1. The lowest BCUT2D eigenvalue weighted by Gasteiger charge is -2.14. The Morgan fingerprint density at radius 1 is 1.50 bits per heavy atom. The summed E-state index contributed by atoms with van der Waals surface area (Å²) in [6.45, 7) is 1.67. The molecule has 98 valence electrons. The van der Waals surface area contributed by atoms with Gasteiger partial charge in [-0.3, -0.25) is 0 Å². The molecule has 18 heavy (non-hydrogen) atoms. The molecule has 0 aliphatic rings. The van der Waals surface area contributed by atoms with E-state index in [-0.39, 0.29) is 0 Å². The molecule has 1 rings (SSSR count). The largest absolute Gasteiger partial charge is 0.480 e. The van der Waals surface area contributed by atoms with Gasteiger partial charge in [0.2, 0.25) is 0 Å². The molecule has 0 fully saturated rings. The first-order valence-corrected chi connectivity index (χ1v) is 6.37. The molecule has 0 radical (unpaired) electrons. The molecular weight excluding hydrogens is 323 g/mol. The number of nitrogens with one attached hydrogen (secondary N) is 2. The number of carbonyl (C=O) groups excluding carboxylic acids is 1. The molecule has 0 saturated carbocycles. The number of urea groups is 1. The summed E-state index contributed by atoms with van der Waals surface area (Å²) in [6, 6.07) is 3.49. The molecule has 0 spiro atoms. The van der Waals surface area contributed by atoms with Crippen LogP contribution >= 0.6 is 27.5 Å². The fourth-order valence-electron chi connectivity index (χ4n) is 1.26. The molecule has 1 atom stereocenters. The van der Waals surface area contributed by atoms with Crippen LogP contribution < -0.4 is 10.6 Å². The minimum atomic E-state index is -1.07. The van der Waals surface area contributed by atoms with Gasteiger partial charge in [-0.05, 0) is 34.5 Å². The average molecular weight is 336 g/mol. The van der Waals surface area contributed by atoms with Crippen LogP contribution in [0.25, 0.3) is 0 Å². The predicted molar refractivity (Wildman–Crippen MR) is 73.0 cm³/mol. The van der Waals surface area contributed by atoms with E-state index >= 15 is 0 Å². The van der Waals surface area contributed by atoms with Crippen molar-refractivity contribution in [3.05, 3.63) is 27.7 Å². The smallest absolute Gasteiger partial charge is 0.326 e. The Morgan fingerprint density at radius 2 is 2.17 bits per heavy atom. The lowest BCUT2D eigenvalue weighted by molar-refractivity contribution is -0.139. The van der Waals surface area contributed by atoms with Crippen molar-refractivity contribution in [3.8, 4) is 0 Å². The molecule has 7 heteroatoms. The minimum absolute atomic E-state index is 0.305. The van der Waals surface area contributed by atoms with Crippen LogP contribution in [0, 0.1) is 0 Å². The first-order chi connectivity index (χ1) is 8.45. The molecule has 0 bridgehead atoms. The van der Waals surface area contributed by atoms with Crippen LogP contribution in [0.3, 0.4) is 0 Å². The molecule has 0 unspecified atom stereocenters. The molecule has 1 aromatic rings. The van der Waals surface area contributed by atoms with Gasteiger partial charge in [0.05, 0.1) is 15.2 Å². The number of carboxylic acid groups (broad SMARTS) is 1. The summed E-state index contributed by atoms with van der Waals surface area (Å²) in [7, 11) is 0. The quantitative estimate of drug-likeness (QED) is 0.791. The van der Waals surface area contributed by atoms with Gasteiger partial charge >= 0.3 is 12.0 Å². The van der Waals surface area contributed by atoms with Crippen molar-refractivity contribution in [2.24, 2.45) is 0 Å². The predicted octanol–water partition coefficient (Wildman–Crippen LogP) is 3.09. The van der Waals surface area contributed by atoms with E-state index in [4.69, 9.17) is 16.7 Å². The Balaban J connectivity index is 2.70. The highest BCUT2D eigenvalue weighted by molar-refractivity contribution is 9.10. The molecule has 2 amide bonds. The highest BCUT2D eigenvalue weighted by Crippen LogP contribution is 2.29. The lowest BCUT2D eigenvalue weighted by Crippen LogP contribution is -2.42. The first-order valence-electron chi connectivity index (χ1n) is 5.20. The standard InChI is InChI=1S/C11H12BrClN2O3/c1-2-7(10(16)17)14-11(18)15-8-5-3-4-6(13)9(8)12/h3-5,7H,2H2,1H3,(H,16,17)(H2,14,15,18)/t7-/m1/s1. The Kier molecular flexibility index (Phi) is 5.43.